The zero-order valence-electron chi connectivity index (χ0n) is 18.7. The predicted molar refractivity (Wildman–Crippen MR) is 143 cm³/mol. The third kappa shape index (κ3) is 2.65. The normalized spacial score (nSPS) is 12.0. The van der Waals surface area contributed by atoms with Gasteiger partial charge in [-0.2, -0.15) is 0 Å². The Kier molecular flexibility index (Phi) is 3.63. The average molecular weight is 450 g/mol. The van der Waals surface area contributed by atoms with Gasteiger partial charge in [-0.1, -0.05) is 54.6 Å². The molecule has 0 bridgehead atoms. The summed E-state index contributed by atoms with van der Waals surface area (Å²) in [6.07, 6.45) is 1.89. The lowest BCUT2D eigenvalue weighted by Gasteiger charge is -2.06. The molecule has 8 rings (SSSR count). The first-order chi connectivity index (χ1) is 17.3. The van der Waals surface area contributed by atoms with Gasteiger partial charge in [0, 0.05) is 38.3 Å². The van der Waals surface area contributed by atoms with Crippen LogP contribution < -0.4 is 0 Å². The molecule has 0 amide bonds. The molecule has 0 spiro atoms. The van der Waals surface area contributed by atoms with Crippen LogP contribution in [0.3, 0.4) is 0 Å². The highest BCUT2D eigenvalue weighted by atomic mass is 16.3. The van der Waals surface area contributed by atoms with Gasteiger partial charge in [-0.15, -0.1) is 0 Å². The molecule has 35 heavy (non-hydrogen) atoms. The Balaban J connectivity index is 1.37. The molecule has 3 heterocycles. The molecule has 4 nitrogen and oxygen atoms in total. The average Bonchev–Trinajstić information content (AvgIpc) is 3.60. The smallest absolute Gasteiger partial charge is 0.136 e. The first-order valence-corrected chi connectivity index (χ1v) is 11.7. The number of rotatable bonds is 2. The molecule has 0 aliphatic carbocycles. The second-order valence-corrected chi connectivity index (χ2v) is 9.00. The van der Waals surface area contributed by atoms with E-state index in [-0.39, 0.29) is 0 Å². The Morgan fingerprint density at radius 1 is 0.657 bits per heavy atom. The van der Waals surface area contributed by atoms with E-state index in [0.29, 0.717) is 0 Å². The highest BCUT2D eigenvalue weighted by molar-refractivity contribution is 6.14. The Morgan fingerprint density at radius 3 is 2.54 bits per heavy atom. The van der Waals surface area contributed by atoms with E-state index in [0.717, 1.165) is 60.8 Å². The van der Waals surface area contributed by atoms with Gasteiger partial charge in [-0.25, -0.2) is 4.98 Å². The molecule has 0 aliphatic heterocycles. The van der Waals surface area contributed by atoms with Crippen molar-refractivity contribution in [3.05, 3.63) is 109 Å². The first-order valence-electron chi connectivity index (χ1n) is 11.7. The van der Waals surface area contributed by atoms with Gasteiger partial charge in [-0.05, 0) is 59.7 Å². The van der Waals surface area contributed by atoms with Crippen LogP contribution in [0.5, 0.6) is 0 Å². The minimum atomic E-state index is 0.882. The molecule has 1 N–H and O–H groups in total. The van der Waals surface area contributed by atoms with Crippen LogP contribution in [0, 0.1) is 0 Å². The number of imidazole rings is 1. The number of fused-ring (bicyclic) bond motifs is 7. The highest BCUT2D eigenvalue weighted by Gasteiger charge is 2.15. The molecule has 0 unspecified atom stereocenters. The second kappa shape index (κ2) is 6.84. The molecule has 3 aromatic heterocycles. The van der Waals surface area contributed by atoms with Gasteiger partial charge in [0.05, 0.1) is 11.0 Å². The molecule has 0 saturated carbocycles. The zero-order valence-corrected chi connectivity index (χ0v) is 18.7. The molecule has 0 atom stereocenters. The van der Waals surface area contributed by atoms with Crippen LogP contribution in [-0.2, 0) is 0 Å². The van der Waals surface area contributed by atoms with E-state index in [1.54, 1.807) is 0 Å². The van der Waals surface area contributed by atoms with Crippen LogP contribution >= 0.6 is 0 Å². The number of H-pyrrole nitrogens is 1. The van der Waals surface area contributed by atoms with E-state index in [1.807, 2.05) is 30.6 Å². The number of furan rings is 1. The Morgan fingerprint density at radius 2 is 1.54 bits per heavy atom. The van der Waals surface area contributed by atoms with Crippen LogP contribution in [0.2, 0.25) is 0 Å². The van der Waals surface area contributed by atoms with Crippen LogP contribution in [0.15, 0.2) is 114 Å². The Labute approximate surface area is 200 Å². The number of benzene rings is 5. The fourth-order valence-electron chi connectivity index (χ4n) is 5.39. The monoisotopic (exact) mass is 449 g/mol. The van der Waals surface area contributed by atoms with E-state index in [9.17, 15) is 0 Å². The number of nitrogens with zero attached hydrogens (tertiary/aromatic N) is 2. The number of para-hydroxylation sites is 3. The van der Waals surface area contributed by atoms with Gasteiger partial charge in [-0.3, -0.25) is 4.57 Å². The Bertz CT molecular complexity index is 2070. The van der Waals surface area contributed by atoms with Gasteiger partial charge in [0.1, 0.15) is 17.5 Å². The number of hydrogen-bond donors (Lipinski definition) is 1. The standard InChI is InChI=1S/C31H19N3O/c1-2-8-25-22(6-1)23-14-12-19(16-27(23)33-25)21-7-5-11-30-31(21)24-17-20(13-15-29(24)35-30)34-18-32-26-9-3-4-10-28(26)34/h1-18,33H. The highest BCUT2D eigenvalue weighted by Crippen LogP contribution is 2.39. The van der Waals surface area contributed by atoms with Crippen LogP contribution in [0.1, 0.15) is 0 Å². The van der Waals surface area contributed by atoms with Gasteiger partial charge in [0.15, 0.2) is 0 Å². The summed E-state index contributed by atoms with van der Waals surface area (Å²) in [4.78, 5) is 8.15. The summed E-state index contributed by atoms with van der Waals surface area (Å²) in [5.74, 6) is 0. The third-order valence-corrected chi connectivity index (χ3v) is 7.03. The molecule has 8 aromatic rings. The van der Waals surface area contributed by atoms with E-state index < -0.39 is 0 Å². The SMILES string of the molecule is c1ccc2c(c1)ncn2-c1ccc2oc3cccc(-c4ccc5c(c4)[nH]c4ccccc45)c3c2c1. The van der Waals surface area contributed by atoms with Gasteiger partial charge < -0.3 is 9.40 Å². The summed E-state index contributed by atoms with van der Waals surface area (Å²) in [7, 11) is 0. The van der Waals surface area contributed by atoms with Gasteiger partial charge >= 0.3 is 0 Å². The van der Waals surface area contributed by atoms with Crippen molar-refractivity contribution in [1.29, 1.82) is 0 Å². The largest absolute Gasteiger partial charge is 0.456 e. The van der Waals surface area contributed by atoms with Crippen molar-refractivity contribution < 1.29 is 4.42 Å². The predicted octanol–water partition coefficient (Wildman–Crippen LogP) is 8.23. The molecular formula is C31H19N3O. The number of nitrogens with one attached hydrogen (secondary N) is 1. The fraction of sp³-hybridized carbons (Fsp3) is 0. The zero-order chi connectivity index (χ0) is 22.9. The number of aromatic amines is 1. The summed E-state index contributed by atoms with van der Waals surface area (Å²) in [5.41, 5.74) is 9.53. The van der Waals surface area contributed by atoms with E-state index >= 15 is 0 Å². The molecule has 0 saturated heterocycles. The van der Waals surface area contributed by atoms with Gasteiger partial charge in [0.25, 0.3) is 0 Å². The molecular weight excluding hydrogens is 430 g/mol. The van der Waals surface area contributed by atoms with E-state index in [4.69, 9.17) is 4.42 Å². The summed E-state index contributed by atoms with van der Waals surface area (Å²) >= 11 is 0. The summed E-state index contributed by atoms with van der Waals surface area (Å²) in [5, 5.41) is 4.72. The van der Waals surface area contributed by atoms with Crippen molar-refractivity contribution in [1.82, 2.24) is 14.5 Å². The maximum atomic E-state index is 6.28. The minimum Gasteiger partial charge on any atom is -0.456 e. The molecule has 164 valence electrons. The van der Waals surface area contributed by atoms with Crippen molar-refractivity contribution in [2.75, 3.05) is 0 Å². The molecule has 4 heteroatoms. The lowest BCUT2D eigenvalue weighted by molar-refractivity contribution is 0.669. The third-order valence-electron chi connectivity index (χ3n) is 7.03. The lowest BCUT2D eigenvalue weighted by Crippen LogP contribution is -1.91. The number of aromatic nitrogens is 3. The van der Waals surface area contributed by atoms with Crippen molar-refractivity contribution in [2.45, 2.75) is 0 Å². The lowest BCUT2D eigenvalue weighted by atomic mass is 9.98. The summed E-state index contributed by atoms with van der Waals surface area (Å²) in [6.45, 7) is 0. The quantitative estimate of drug-likeness (QED) is 0.289. The van der Waals surface area contributed by atoms with Crippen molar-refractivity contribution in [3.63, 3.8) is 0 Å². The maximum absolute atomic E-state index is 6.28. The molecule has 5 aromatic carbocycles. The van der Waals surface area contributed by atoms with Crippen LogP contribution in [0.25, 0.3) is 71.6 Å². The molecule has 0 fully saturated rings. The number of hydrogen-bond acceptors (Lipinski definition) is 2. The van der Waals surface area contributed by atoms with Crippen molar-refractivity contribution in [2.24, 2.45) is 0 Å². The Hall–Kier alpha value is -4.83. The first kappa shape index (κ1) is 18.6. The van der Waals surface area contributed by atoms with Crippen LogP contribution in [0.4, 0.5) is 0 Å². The van der Waals surface area contributed by atoms with E-state index in [2.05, 4.69) is 93.4 Å². The molecule has 0 radical (unpaired) electrons. The van der Waals surface area contributed by atoms with Crippen molar-refractivity contribution in [3.8, 4) is 16.8 Å². The van der Waals surface area contributed by atoms with Crippen LogP contribution in [-0.4, -0.2) is 14.5 Å². The minimum absolute atomic E-state index is 0.882. The van der Waals surface area contributed by atoms with Crippen molar-refractivity contribution >= 4 is 54.8 Å². The topological polar surface area (TPSA) is 46.8 Å². The summed E-state index contributed by atoms with van der Waals surface area (Å²) in [6, 6.07) is 36.0. The van der Waals surface area contributed by atoms with Gasteiger partial charge in [0.2, 0.25) is 0 Å². The maximum Gasteiger partial charge on any atom is 0.136 e. The molecule has 0 aliphatic rings. The second-order valence-electron chi connectivity index (χ2n) is 9.00. The summed E-state index contributed by atoms with van der Waals surface area (Å²) < 4.78 is 8.41. The fourth-order valence-corrected chi connectivity index (χ4v) is 5.39. The van der Waals surface area contributed by atoms with E-state index in [1.165, 1.54) is 10.8 Å².